The molecule has 2 saturated carbocycles. The molecule has 2 fully saturated rings. The SMILES string of the molecule is CC(C)(N)c1cnc(C2CCC2)c(C2CC2)n1.COc1cccc2c1nc(N)n1ncnc21. The first-order valence-corrected chi connectivity index (χ1v) is 11.4. The third-order valence-corrected chi connectivity index (χ3v) is 6.40. The van der Waals surface area contributed by atoms with Gasteiger partial charge in [0.05, 0.1) is 35.9 Å². The Morgan fingerprint density at radius 2 is 1.79 bits per heavy atom. The summed E-state index contributed by atoms with van der Waals surface area (Å²) in [5.41, 5.74) is 16.4. The van der Waals surface area contributed by atoms with Crippen molar-refractivity contribution in [1.82, 2.24) is 29.5 Å². The van der Waals surface area contributed by atoms with Crippen molar-refractivity contribution in [2.75, 3.05) is 12.8 Å². The van der Waals surface area contributed by atoms with E-state index in [0.717, 1.165) is 11.1 Å². The van der Waals surface area contributed by atoms with Gasteiger partial charge < -0.3 is 16.2 Å². The minimum absolute atomic E-state index is 0.296. The van der Waals surface area contributed by atoms with Crippen LogP contribution in [0.1, 0.15) is 74.9 Å². The molecule has 0 atom stereocenters. The number of para-hydroxylation sites is 1. The summed E-state index contributed by atoms with van der Waals surface area (Å²) in [4.78, 5) is 17.9. The van der Waals surface area contributed by atoms with Gasteiger partial charge in [-0.05, 0) is 51.7 Å². The van der Waals surface area contributed by atoms with Crippen molar-refractivity contribution in [3.63, 3.8) is 0 Å². The van der Waals surface area contributed by atoms with Crippen molar-refractivity contribution in [2.45, 2.75) is 63.3 Å². The second-order valence-electron chi connectivity index (χ2n) is 9.47. The van der Waals surface area contributed by atoms with Crippen LogP contribution in [0.3, 0.4) is 0 Å². The molecule has 2 aliphatic carbocycles. The average Bonchev–Trinajstić information content (AvgIpc) is 3.47. The maximum absolute atomic E-state index is 6.12. The number of hydrogen-bond donors (Lipinski definition) is 2. The highest BCUT2D eigenvalue weighted by molar-refractivity contribution is 5.95. The number of nitrogens with zero attached hydrogens (tertiary/aromatic N) is 6. The average molecular weight is 447 g/mol. The molecule has 1 aromatic carbocycles. The monoisotopic (exact) mass is 446 g/mol. The van der Waals surface area contributed by atoms with Gasteiger partial charge in [-0.3, -0.25) is 9.97 Å². The molecule has 4 aromatic rings. The normalized spacial score (nSPS) is 16.4. The molecule has 3 heterocycles. The van der Waals surface area contributed by atoms with Gasteiger partial charge in [-0.2, -0.15) is 9.61 Å². The standard InChI is InChI=1S/C14H21N3.C10H9N5O/c1-14(2,15)11-8-16-12(9-4-3-5-9)13(17-11)10-6-7-10;1-16-7-4-2-3-6-8(7)14-10(11)15-9(6)12-5-13-15/h8-10H,3-7,15H2,1-2H3;2-5H,1H3,(H2,11,14). The summed E-state index contributed by atoms with van der Waals surface area (Å²) in [6, 6.07) is 5.63. The molecule has 9 nitrogen and oxygen atoms in total. The Morgan fingerprint density at radius 3 is 2.42 bits per heavy atom. The van der Waals surface area contributed by atoms with E-state index in [9.17, 15) is 0 Å². The van der Waals surface area contributed by atoms with Gasteiger partial charge in [-0.1, -0.05) is 12.5 Å². The van der Waals surface area contributed by atoms with Crippen molar-refractivity contribution >= 4 is 22.5 Å². The number of rotatable bonds is 4. The Balaban J connectivity index is 0.000000139. The maximum Gasteiger partial charge on any atom is 0.223 e. The third-order valence-electron chi connectivity index (χ3n) is 6.40. The lowest BCUT2D eigenvalue weighted by Gasteiger charge is -2.27. The predicted molar refractivity (Wildman–Crippen MR) is 127 cm³/mol. The number of aromatic nitrogens is 6. The molecule has 0 unspecified atom stereocenters. The van der Waals surface area contributed by atoms with Gasteiger partial charge in [-0.25, -0.2) is 9.97 Å². The van der Waals surface area contributed by atoms with Crippen LogP contribution in [0.2, 0.25) is 0 Å². The molecule has 9 heteroatoms. The quantitative estimate of drug-likeness (QED) is 0.485. The summed E-state index contributed by atoms with van der Waals surface area (Å²) in [5, 5.41) is 4.87. The number of methoxy groups -OCH3 is 1. The topological polar surface area (TPSA) is 130 Å². The van der Waals surface area contributed by atoms with Crippen LogP contribution in [-0.4, -0.2) is 36.7 Å². The highest BCUT2D eigenvalue weighted by Crippen LogP contribution is 2.45. The first-order chi connectivity index (χ1) is 15.9. The molecule has 0 radical (unpaired) electrons. The van der Waals surface area contributed by atoms with Gasteiger partial charge in [-0.15, -0.1) is 0 Å². The third kappa shape index (κ3) is 4.08. The molecule has 0 bridgehead atoms. The minimum Gasteiger partial charge on any atom is -0.494 e. The number of nitrogen functional groups attached to an aromatic ring is 1. The summed E-state index contributed by atoms with van der Waals surface area (Å²) >= 11 is 0. The number of ether oxygens (including phenoxy) is 1. The molecular formula is C24H30N8O. The second-order valence-corrected chi connectivity index (χ2v) is 9.47. The van der Waals surface area contributed by atoms with E-state index in [-0.39, 0.29) is 5.54 Å². The summed E-state index contributed by atoms with van der Waals surface area (Å²) < 4.78 is 6.73. The van der Waals surface area contributed by atoms with E-state index in [1.807, 2.05) is 38.2 Å². The largest absolute Gasteiger partial charge is 0.494 e. The maximum atomic E-state index is 6.12. The summed E-state index contributed by atoms with van der Waals surface area (Å²) in [6.45, 7) is 3.99. The molecule has 172 valence electrons. The molecule has 0 amide bonds. The van der Waals surface area contributed by atoms with E-state index in [1.165, 1.54) is 54.3 Å². The Bertz CT molecular complexity index is 1300. The zero-order valence-corrected chi connectivity index (χ0v) is 19.3. The predicted octanol–water partition coefficient (Wildman–Crippen LogP) is 3.68. The smallest absolute Gasteiger partial charge is 0.223 e. The highest BCUT2D eigenvalue weighted by atomic mass is 16.5. The van der Waals surface area contributed by atoms with Gasteiger partial charge >= 0.3 is 0 Å². The fraction of sp³-hybridized carbons (Fsp3) is 0.458. The lowest BCUT2D eigenvalue weighted by molar-refractivity contribution is 0.404. The molecule has 2 aliphatic rings. The summed E-state index contributed by atoms with van der Waals surface area (Å²) in [7, 11) is 1.60. The molecule has 33 heavy (non-hydrogen) atoms. The molecule has 6 rings (SSSR count). The highest BCUT2D eigenvalue weighted by Gasteiger charge is 2.34. The summed E-state index contributed by atoms with van der Waals surface area (Å²) in [5.74, 6) is 2.31. The first-order valence-electron chi connectivity index (χ1n) is 11.4. The number of hydrogen-bond acceptors (Lipinski definition) is 8. The van der Waals surface area contributed by atoms with Gasteiger partial charge in [0.2, 0.25) is 5.95 Å². The Hall–Kier alpha value is -3.33. The van der Waals surface area contributed by atoms with Gasteiger partial charge in [0.1, 0.15) is 17.6 Å². The lowest BCUT2D eigenvalue weighted by Crippen LogP contribution is -2.31. The van der Waals surface area contributed by atoms with Crippen LogP contribution in [0.4, 0.5) is 5.95 Å². The van der Waals surface area contributed by atoms with Crippen molar-refractivity contribution in [2.24, 2.45) is 5.73 Å². The molecule has 0 aliphatic heterocycles. The van der Waals surface area contributed by atoms with Crippen molar-refractivity contribution in [1.29, 1.82) is 0 Å². The number of anilines is 1. The van der Waals surface area contributed by atoms with Crippen LogP contribution < -0.4 is 16.2 Å². The van der Waals surface area contributed by atoms with Crippen molar-refractivity contribution in [3.05, 3.63) is 47.8 Å². The Kier molecular flexibility index (Phi) is 5.36. The van der Waals surface area contributed by atoms with Crippen molar-refractivity contribution in [3.8, 4) is 5.75 Å². The second kappa shape index (κ2) is 8.22. The van der Waals surface area contributed by atoms with E-state index in [4.69, 9.17) is 21.2 Å². The van der Waals surface area contributed by atoms with E-state index in [0.29, 0.717) is 34.7 Å². The van der Waals surface area contributed by atoms with Gasteiger partial charge in [0, 0.05) is 17.2 Å². The van der Waals surface area contributed by atoms with Gasteiger partial charge in [0.15, 0.2) is 5.65 Å². The van der Waals surface area contributed by atoms with Crippen molar-refractivity contribution < 1.29 is 4.74 Å². The van der Waals surface area contributed by atoms with Crippen LogP contribution in [-0.2, 0) is 5.54 Å². The zero-order valence-electron chi connectivity index (χ0n) is 19.3. The Labute approximate surface area is 192 Å². The molecular weight excluding hydrogens is 416 g/mol. The number of nitrogens with two attached hydrogens (primary N) is 2. The van der Waals surface area contributed by atoms with Crippen LogP contribution in [0.15, 0.2) is 30.7 Å². The van der Waals surface area contributed by atoms with Crippen LogP contribution in [0.5, 0.6) is 5.75 Å². The van der Waals surface area contributed by atoms with E-state index in [1.54, 1.807) is 7.11 Å². The number of benzene rings is 1. The van der Waals surface area contributed by atoms with Crippen LogP contribution >= 0.6 is 0 Å². The first kappa shape index (κ1) is 21.5. The number of fused-ring (bicyclic) bond motifs is 3. The Morgan fingerprint density at radius 1 is 1.03 bits per heavy atom. The molecule has 0 saturated heterocycles. The lowest BCUT2D eigenvalue weighted by atomic mass is 9.81. The fourth-order valence-corrected chi connectivity index (χ4v) is 4.11. The molecule has 0 spiro atoms. The minimum atomic E-state index is -0.380. The van der Waals surface area contributed by atoms with E-state index >= 15 is 0 Å². The van der Waals surface area contributed by atoms with E-state index in [2.05, 4.69) is 20.1 Å². The molecule has 3 aromatic heterocycles. The fourth-order valence-electron chi connectivity index (χ4n) is 4.11. The van der Waals surface area contributed by atoms with Crippen LogP contribution in [0, 0.1) is 0 Å². The summed E-state index contributed by atoms with van der Waals surface area (Å²) in [6.07, 6.45) is 9.83. The molecule has 4 N–H and O–H groups in total. The van der Waals surface area contributed by atoms with E-state index < -0.39 is 0 Å². The van der Waals surface area contributed by atoms with Crippen LogP contribution in [0.25, 0.3) is 16.6 Å². The zero-order chi connectivity index (χ0) is 23.2. The van der Waals surface area contributed by atoms with Gasteiger partial charge in [0.25, 0.3) is 0 Å².